The van der Waals surface area contributed by atoms with Gasteiger partial charge in [-0.25, -0.2) is 4.99 Å². The van der Waals surface area contributed by atoms with Gasteiger partial charge < -0.3 is 24.5 Å². The lowest BCUT2D eigenvalue weighted by Gasteiger charge is -2.11. The van der Waals surface area contributed by atoms with Crippen LogP contribution in [0.3, 0.4) is 0 Å². The molecule has 164 valence electrons. The number of furan rings is 1. The van der Waals surface area contributed by atoms with Crippen molar-refractivity contribution < 1.29 is 13.9 Å². The summed E-state index contributed by atoms with van der Waals surface area (Å²) in [5, 5.41) is 6.61. The maximum Gasteiger partial charge on any atom is 0.191 e. The molecule has 2 heterocycles. The number of hydrogen-bond acceptors (Lipinski definition) is 5. The summed E-state index contributed by atoms with van der Waals surface area (Å²) in [7, 11) is 0. The molecule has 0 saturated heterocycles. The molecule has 3 aromatic rings. The van der Waals surface area contributed by atoms with Crippen molar-refractivity contribution in [3.8, 4) is 5.75 Å². The Balaban J connectivity index is 1.37. The molecule has 0 spiro atoms. The Hall–Kier alpha value is -3.32. The quantitative estimate of drug-likeness (QED) is 0.262. The molecule has 0 atom stereocenters. The molecule has 7 nitrogen and oxygen atoms in total. The van der Waals surface area contributed by atoms with E-state index < -0.39 is 0 Å². The monoisotopic (exact) mass is 422 g/mol. The predicted octanol–water partition coefficient (Wildman–Crippen LogP) is 3.92. The van der Waals surface area contributed by atoms with Gasteiger partial charge in [-0.1, -0.05) is 18.2 Å². The van der Waals surface area contributed by atoms with E-state index in [9.17, 15) is 0 Å². The lowest BCUT2D eigenvalue weighted by molar-refractivity contribution is 0.105. The lowest BCUT2D eigenvalue weighted by Crippen LogP contribution is -2.38. The number of nitrogens with zero attached hydrogens (tertiary/aromatic N) is 2. The summed E-state index contributed by atoms with van der Waals surface area (Å²) in [5.74, 6) is 2.46. The van der Waals surface area contributed by atoms with Crippen molar-refractivity contribution in [2.45, 2.75) is 33.1 Å². The minimum absolute atomic E-state index is 0.456. The van der Waals surface area contributed by atoms with Crippen LogP contribution >= 0.6 is 0 Å². The van der Waals surface area contributed by atoms with E-state index in [-0.39, 0.29) is 0 Å². The van der Waals surface area contributed by atoms with E-state index in [0.29, 0.717) is 26.4 Å². The fourth-order valence-corrected chi connectivity index (χ4v) is 2.79. The standard InChI is InChI=1S/C24H30N4O3/c1-2-25-24(27-14-6-15-29-19-23-8-5-16-30-23)28-17-20-9-11-22(12-10-20)31-18-21-7-3-4-13-26-21/h3-5,7-13,16H,2,6,14-15,17-19H2,1H3,(H2,25,27,28). The molecule has 2 N–H and O–H groups in total. The zero-order valence-electron chi connectivity index (χ0n) is 17.9. The molecule has 0 bridgehead atoms. The maximum atomic E-state index is 5.78. The minimum Gasteiger partial charge on any atom is -0.487 e. The number of ether oxygens (including phenoxy) is 2. The highest BCUT2D eigenvalue weighted by molar-refractivity contribution is 5.79. The number of aromatic nitrogens is 1. The molecule has 1 aromatic carbocycles. The number of benzene rings is 1. The van der Waals surface area contributed by atoms with E-state index in [4.69, 9.17) is 13.9 Å². The van der Waals surface area contributed by atoms with Gasteiger partial charge in [-0.2, -0.15) is 0 Å². The molecule has 31 heavy (non-hydrogen) atoms. The third-order valence-electron chi connectivity index (χ3n) is 4.38. The maximum absolute atomic E-state index is 5.78. The molecule has 0 fully saturated rings. The normalized spacial score (nSPS) is 11.3. The zero-order chi connectivity index (χ0) is 21.6. The first-order chi connectivity index (χ1) is 15.3. The molecule has 0 unspecified atom stereocenters. The van der Waals surface area contributed by atoms with Crippen LogP contribution in [0.4, 0.5) is 0 Å². The first-order valence-electron chi connectivity index (χ1n) is 10.6. The molecule has 2 aromatic heterocycles. The molecule has 0 aliphatic rings. The Morgan fingerprint density at radius 1 is 1.03 bits per heavy atom. The van der Waals surface area contributed by atoms with Gasteiger partial charge >= 0.3 is 0 Å². The molecule has 7 heteroatoms. The summed E-state index contributed by atoms with van der Waals surface area (Å²) < 4.78 is 16.6. The topological polar surface area (TPSA) is 80.9 Å². The van der Waals surface area contributed by atoms with E-state index in [0.717, 1.165) is 48.2 Å². The van der Waals surface area contributed by atoms with Crippen LogP contribution in [0.15, 0.2) is 76.5 Å². The lowest BCUT2D eigenvalue weighted by atomic mass is 10.2. The average Bonchev–Trinajstić information content (AvgIpc) is 3.33. The molecule has 0 amide bonds. The molecule has 0 aliphatic heterocycles. The van der Waals surface area contributed by atoms with Crippen molar-refractivity contribution in [1.82, 2.24) is 15.6 Å². The average molecular weight is 423 g/mol. The molecule has 3 rings (SSSR count). The molecule has 0 saturated carbocycles. The highest BCUT2D eigenvalue weighted by atomic mass is 16.5. The Morgan fingerprint density at radius 3 is 2.68 bits per heavy atom. The fraction of sp³-hybridized carbons (Fsp3) is 0.333. The number of pyridine rings is 1. The second-order valence-electron chi connectivity index (χ2n) is 6.86. The number of nitrogens with one attached hydrogen (secondary N) is 2. The van der Waals surface area contributed by atoms with Crippen LogP contribution in [0.1, 0.15) is 30.4 Å². The molecular formula is C24H30N4O3. The van der Waals surface area contributed by atoms with Gasteiger partial charge in [-0.15, -0.1) is 0 Å². The number of guanidine groups is 1. The van der Waals surface area contributed by atoms with Gasteiger partial charge in [-0.05, 0) is 55.3 Å². The SMILES string of the molecule is CCNC(=NCc1ccc(OCc2ccccn2)cc1)NCCCOCc1ccco1. The number of rotatable bonds is 12. The summed E-state index contributed by atoms with van der Waals surface area (Å²) in [6.45, 7) is 5.85. The fourth-order valence-electron chi connectivity index (χ4n) is 2.79. The van der Waals surface area contributed by atoms with Crippen LogP contribution < -0.4 is 15.4 Å². The van der Waals surface area contributed by atoms with Gasteiger partial charge in [0.25, 0.3) is 0 Å². The number of aliphatic imine (C=N–C) groups is 1. The van der Waals surface area contributed by atoms with Crippen molar-refractivity contribution >= 4 is 5.96 Å². The summed E-state index contributed by atoms with van der Waals surface area (Å²) in [6, 6.07) is 17.6. The van der Waals surface area contributed by atoms with E-state index in [2.05, 4.69) is 27.5 Å². The van der Waals surface area contributed by atoms with Gasteiger partial charge in [0, 0.05) is 25.9 Å². The Morgan fingerprint density at radius 2 is 1.94 bits per heavy atom. The predicted molar refractivity (Wildman–Crippen MR) is 121 cm³/mol. The minimum atomic E-state index is 0.456. The van der Waals surface area contributed by atoms with E-state index >= 15 is 0 Å². The van der Waals surface area contributed by atoms with Crippen LogP contribution in [0.5, 0.6) is 5.75 Å². The van der Waals surface area contributed by atoms with Crippen molar-refractivity contribution in [3.05, 3.63) is 84.1 Å². The van der Waals surface area contributed by atoms with E-state index in [1.807, 2.05) is 54.6 Å². The van der Waals surface area contributed by atoms with Gasteiger partial charge in [0.2, 0.25) is 0 Å². The Bertz CT molecular complexity index is 881. The van der Waals surface area contributed by atoms with Crippen LogP contribution in [0.25, 0.3) is 0 Å². The highest BCUT2D eigenvalue weighted by Gasteiger charge is 2.01. The van der Waals surface area contributed by atoms with Crippen LogP contribution in [-0.2, 0) is 24.5 Å². The second kappa shape index (κ2) is 13.1. The largest absolute Gasteiger partial charge is 0.487 e. The molecule has 0 radical (unpaired) electrons. The third-order valence-corrected chi connectivity index (χ3v) is 4.38. The number of hydrogen-bond donors (Lipinski definition) is 2. The van der Waals surface area contributed by atoms with Gasteiger partial charge in [-0.3, -0.25) is 4.98 Å². The molecular weight excluding hydrogens is 392 g/mol. The summed E-state index contributed by atoms with van der Waals surface area (Å²) in [6.07, 6.45) is 4.30. The molecule has 0 aliphatic carbocycles. The zero-order valence-corrected chi connectivity index (χ0v) is 17.9. The Labute approximate surface area is 183 Å². The second-order valence-corrected chi connectivity index (χ2v) is 6.86. The van der Waals surface area contributed by atoms with Crippen molar-refractivity contribution in [3.63, 3.8) is 0 Å². The van der Waals surface area contributed by atoms with Crippen LogP contribution in [-0.4, -0.2) is 30.6 Å². The third kappa shape index (κ3) is 8.52. The Kier molecular flexibility index (Phi) is 9.44. The van der Waals surface area contributed by atoms with E-state index in [1.165, 1.54) is 0 Å². The van der Waals surface area contributed by atoms with Gasteiger partial charge in [0.15, 0.2) is 5.96 Å². The van der Waals surface area contributed by atoms with Crippen molar-refractivity contribution in [1.29, 1.82) is 0 Å². The summed E-state index contributed by atoms with van der Waals surface area (Å²) in [4.78, 5) is 8.91. The van der Waals surface area contributed by atoms with Gasteiger partial charge in [0.05, 0.1) is 18.5 Å². The van der Waals surface area contributed by atoms with Crippen molar-refractivity contribution in [2.24, 2.45) is 4.99 Å². The van der Waals surface area contributed by atoms with Gasteiger partial charge in [0.1, 0.15) is 24.7 Å². The van der Waals surface area contributed by atoms with Crippen LogP contribution in [0.2, 0.25) is 0 Å². The summed E-state index contributed by atoms with van der Waals surface area (Å²) in [5.41, 5.74) is 2.02. The van der Waals surface area contributed by atoms with Crippen LogP contribution in [0, 0.1) is 0 Å². The first kappa shape index (κ1) is 22.4. The van der Waals surface area contributed by atoms with Crippen molar-refractivity contribution in [2.75, 3.05) is 19.7 Å². The smallest absolute Gasteiger partial charge is 0.191 e. The highest BCUT2D eigenvalue weighted by Crippen LogP contribution is 2.14. The van der Waals surface area contributed by atoms with E-state index in [1.54, 1.807) is 12.5 Å². The first-order valence-corrected chi connectivity index (χ1v) is 10.6. The summed E-state index contributed by atoms with van der Waals surface area (Å²) >= 11 is 0.